The van der Waals surface area contributed by atoms with Crippen molar-refractivity contribution in [3.63, 3.8) is 0 Å². The zero-order chi connectivity index (χ0) is 8.55. The van der Waals surface area contributed by atoms with E-state index in [1.54, 1.807) is 17.4 Å². The molecule has 0 fully saturated rings. The van der Waals surface area contributed by atoms with E-state index in [9.17, 15) is 4.79 Å². The summed E-state index contributed by atoms with van der Waals surface area (Å²) >= 11 is 1.54. The van der Waals surface area contributed by atoms with Gasteiger partial charge in [0.25, 0.3) is 0 Å². The van der Waals surface area contributed by atoms with Gasteiger partial charge in [-0.05, 0) is 17.5 Å². The van der Waals surface area contributed by atoms with Gasteiger partial charge >= 0.3 is 0 Å². The first-order valence-electron chi connectivity index (χ1n) is 3.40. The van der Waals surface area contributed by atoms with Crippen LogP contribution in [-0.2, 0) is 0 Å². The van der Waals surface area contributed by atoms with E-state index in [1.807, 2.05) is 11.4 Å². The number of hydrogen-bond acceptors (Lipinski definition) is 3. The second kappa shape index (κ2) is 2.57. The van der Waals surface area contributed by atoms with Crippen LogP contribution in [-0.4, -0.2) is 10.9 Å². The van der Waals surface area contributed by atoms with Gasteiger partial charge in [0.1, 0.15) is 4.83 Å². The predicted molar refractivity (Wildman–Crippen MR) is 48.1 cm³/mol. The molecule has 0 aliphatic carbocycles. The van der Waals surface area contributed by atoms with Gasteiger partial charge in [-0.25, -0.2) is 4.98 Å². The first-order valence-corrected chi connectivity index (χ1v) is 4.28. The van der Waals surface area contributed by atoms with Crippen molar-refractivity contribution in [1.29, 1.82) is 0 Å². The number of hydrogen-bond donors (Lipinski definition) is 1. The maximum atomic E-state index is 10.8. The summed E-state index contributed by atoms with van der Waals surface area (Å²) in [5.74, 6) is -0.435. The molecule has 2 rings (SSSR count). The monoisotopic (exact) mass is 178 g/mol. The lowest BCUT2D eigenvalue weighted by molar-refractivity contribution is 0.1000. The summed E-state index contributed by atoms with van der Waals surface area (Å²) < 4.78 is 0. The highest BCUT2D eigenvalue weighted by atomic mass is 32.1. The minimum Gasteiger partial charge on any atom is -0.366 e. The highest BCUT2D eigenvalue weighted by Gasteiger charge is 2.02. The fourth-order valence-corrected chi connectivity index (χ4v) is 1.71. The van der Waals surface area contributed by atoms with Crippen LogP contribution in [0.15, 0.2) is 23.7 Å². The Labute approximate surface area is 72.8 Å². The van der Waals surface area contributed by atoms with E-state index in [0.717, 1.165) is 10.2 Å². The van der Waals surface area contributed by atoms with Gasteiger partial charge in [0.2, 0.25) is 5.91 Å². The number of nitrogens with zero attached hydrogens (tertiary/aromatic N) is 1. The van der Waals surface area contributed by atoms with Crippen LogP contribution in [0.3, 0.4) is 0 Å². The molecule has 0 spiro atoms. The normalized spacial score (nSPS) is 10.3. The summed E-state index contributed by atoms with van der Waals surface area (Å²) in [6.07, 6.45) is 1.50. The maximum Gasteiger partial charge on any atom is 0.250 e. The van der Waals surface area contributed by atoms with Gasteiger partial charge in [-0.3, -0.25) is 4.79 Å². The molecule has 0 aromatic carbocycles. The topological polar surface area (TPSA) is 56.0 Å². The second-order valence-corrected chi connectivity index (χ2v) is 3.30. The van der Waals surface area contributed by atoms with Gasteiger partial charge in [0, 0.05) is 11.6 Å². The average molecular weight is 178 g/mol. The SMILES string of the molecule is NC(=O)c1cnc2sccc2c1. The predicted octanol–water partition coefficient (Wildman–Crippen LogP) is 1.40. The number of carbonyl (C=O) groups is 1. The third-order valence-electron chi connectivity index (χ3n) is 1.59. The van der Waals surface area contributed by atoms with Crippen LogP contribution in [0.5, 0.6) is 0 Å². The summed E-state index contributed by atoms with van der Waals surface area (Å²) in [5.41, 5.74) is 5.56. The van der Waals surface area contributed by atoms with Crippen LogP contribution < -0.4 is 5.73 Å². The lowest BCUT2D eigenvalue weighted by Gasteiger charge is -1.93. The number of amides is 1. The van der Waals surface area contributed by atoms with Crippen LogP contribution in [0.4, 0.5) is 0 Å². The molecule has 60 valence electrons. The van der Waals surface area contributed by atoms with E-state index in [0.29, 0.717) is 5.56 Å². The van der Waals surface area contributed by atoms with Crippen molar-refractivity contribution in [2.75, 3.05) is 0 Å². The van der Waals surface area contributed by atoms with Crippen molar-refractivity contribution in [3.8, 4) is 0 Å². The minimum atomic E-state index is -0.435. The van der Waals surface area contributed by atoms with E-state index in [4.69, 9.17) is 5.73 Å². The molecule has 4 heteroatoms. The molecule has 2 aromatic heterocycles. The Hall–Kier alpha value is -1.42. The molecule has 1 amide bonds. The molecular weight excluding hydrogens is 172 g/mol. The van der Waals surface area contributed by atoms with Gasteiger partial charge in [0.05, 0.1) is 5.56 Å². The number of thiophene rings is 1. The Balaban J connectivity index is 2.68. The maximum absolute atomic E-state index is 10.8. The first-order chi connectivity index (χ1) is 5.77. The van der Waals surface area contributed by atoms with E-state index in [2.05, 4.69) is 4.98 Å². The van der Waals surface area contributed by atoms with Crippen LogP contribution >= 0.6 is 11.3 Å². The molecular formula is C8H6N2OS. The highest BCUT2D eigenvalue weighted by molar-refractivity contribution is 7.16. The first kappa shape index (κ1) is 7.24. The van der Waals surface area contributed by atoms with E-state index in [-0.39, 0.29) is 0 Å². The molecule has 2 N–H and O–H groups in total. The molecule has 3 nitrogen and oxygen atoms in total. The van der Waals surface area contributed by atoms with Crippen molar-refractivity contribution in [1.82, 2.24) is 4.98 Å². The van der Waals surface area contributed by atoms with Gasteiger partial charge < -0.3 is 5.73 Å². The number of aromatic nitrogens is 1. The largest absolute Gasteiger partial charge is 0.366 e. The van der Waals surface area contributed by atoms with E-state index < -0.39 is 5.91 Å². The zero-order valence-corrected chi connectivity index (χ0v) is 6.97. The molecule has 0 atom stereocenters. The Kier molecular flexibility index (Phi) is 1.55. The van der Waals surface area contributed by atoms with Gasteiger partial charge in [0.15, 0.2) is 0 Å². The van der Waals surface area contributed by atoms with Crippen molar-refractivity contribution in [3.05, 3.63) is 29.3 Å². The van der Waals surface area contributed by atoms with Crippen molar-refractivity contribution < 1.29 is 4.79 Å². The fraction of sp³-hybridized carbons (Fsp3) is 0. The number of rotatable bonds is 1. The van der Waals surface area contributed by atoms with Crippen LogP contribution in [0, 0.1) is 0 Å². The smallest absolute Gasteiger partial charge is 0.250 e. The van der Waals surface area contributed by atoms with Crippen molar-refractivity contribution in [2.24, 2.45) is 5.73 Å². The number of fused-ring (bicyclic) bond motifs is 1. The number of nitrogens with two attached hydrogens (primary N) is 1. The van der Waals surface area contributed by atoms with Gasteiger partial charge in [-0.2, -0.15) is 0 Å². The molecule has 2 aromatic rings. The summed E-state index contributed by atoms with van der Waals surface area (Å²) in [4.78, 5) is 15.8. The Morgan fingerprint density at radius 1 is 1.58 bits per heavy atom. The molecule has 0 bridgehead atoms. The lowest BCUT2D eigenvalue weighted by atomic mass is 10.2. The number of carbonyl (C=O) groups excluding carboxylic acids is 1. The Morgan fingerprint density at radius 2 is 2.42 bits per heavy atom. The molecule has 0 aliphatic heterocycles. The van der Waals surface area contributed by atoms with Crippen LogP contribution in [0.2, 0.25) is 0 Å². The third kappa shape index (κ3) is 1.06. The molecule has 12 heavy (non-hydrogen) atoms. The average Bonchev–Trinajstić information content (AvgIpc) is 2.49. The molecule has 0 saturated carbocycles. The fourth-order valence-electron chi connectivity index (χ4n) is 0.994. The Morgan fingerprint density at radius 3 is 3.17 bits per heavy atom. The van der Waals surface area contributed by atoms with E-state index in [1.165, 1.54) is 6.20 Å². The highest BCUT2D eigenvalue weighted by Crippen LogP contribution is 2.18. The quantitative estimate of drug-likeness (QED) is 0.717. The summed E-state index contributed by atoms with van der Waals surface area (Å²) in [6, 6.07) is 3.67. The second-order valence-electron chi connectivity index (χ2n) is 2.40. The molecule has 0 radical (unpaired) electrons. The number of primary amides is 1. The van der Waals surface area contributed by atoms with Crippen molar-refractivity contribution in [2.45, 2.75) is 0 Å². The number of pyridine rings is 1. The van der Waals surface area contributed by atoms with Crippen LogP contribution in [0.1, 0.15) is 10.4 Å². The lowest BCUT2D eigenvalue weighted by Crippen LogP contribution is -2.10. The zero-order valence-electron chi connectivity index (χ0n) is 6.15. The third-order valence-corrected chi connectivity index (χ3v) is 2.43. The summed E-state index contributed by atoms with van der Waals surface area (Å²) in [6.45, 7) is 0. The van der Waals surface area contributed by atoms with Gasteiger partial charge in [-0.15, -0.1) is 11.3 Å². The molecule has 0 aliphatic rings. The van der Waals surface area contributed by atoms with Gasteiger partial charge in [-0.1, -0.05) is 0 Å². The Bertz CT molecular complexity index is 435. The van der Waals surface area contributed by atoms with E-state index >= 15 is 0 Å². The molecule has 2 heterocycles. The van der Waals surface area contributed by atoms with Crippen molar-refractivity contribution >= 4 is 27.5 Å². The molecule has 0 unspecified atom stereocenters. The minimum absolute atomic E-state index is 0.435. The molecule has 0 saturated heterocycles. The van der Waals surface area contributed by atoms with Crippen LogP contribution in [0.25, 0.3) is 10.2 Å². The summed E-state index contributed by atoms with van der Waals surface area (Å²) in [5, 5.41) is 2.90. The standard InChI is InChI=1S/C8H6N2OS/c9-7(11)6-3-5-1-2-12-8(5)10-4-6/h1-4H,(H2,9,11). The summed E-state index contributed by atoms with van der Waals surface area (Å²) in [7, 11) is 0.